The maximum absolute atomic E-state index is 10.4. The number of carboxylic acids is 1. The van der Waals surface area contributed by atoms with Gasteiger partial charge in [-0.15, -0.1) is 0 Å². The molecule has 27 heavy (non-hydrogen) atoms. The van der Waals surface area contributed by atoms with Crippen LogP contribution in [0.5, 0.6) is 0 Å². The summed E-state index contributed by atoms with van der Waals surface area (Å²) in [6.07, 6.45) is 29.1. The molecule has 0 aromatic rings. The van der Waals surface area contributed by atoms with E-state index in [4.69, 9.17) is 5.11 Å². The van der Waals surface area contributed by atoms with Crippen molar-refractivity contribution in [1.29, 1.82) is 0 Å². The molecule has 1 N–H and O–H groups in total. The molecule has 162 valence electrons. The quantitative estimate of drug-likeness (QED) is 0.151. The monoisotopic (exact) mass is 398 g/mol. The minimum Gasteiger partial charge on any atom is -0.481 e. The van der Waals surface area contributed by atoms with Gasteiger partial charge in [-0.2, -0.15) is 0 Å². The van der Waals surface area contributed by atoms with Gasteiger partial charge in [-0.1, -0.05) is 135 Å². The maximum Gasteiger partial charge on any atom is 0.303 e. The summed E-state index contributed by atoms with van der Waals surface area (Å²) in [6.45, 7) is 2.29. The first-order valence-electron chi connectivity index (χ1n) is 12.0. The number of hydrogen-bond donors (Lipinski definition) is 1. The first kappa shape index (κ1) is 29.2. The maximum atomic E-state index is 10.4. The Morgan fingerprint density at radius 1 is 0.481 bits per heavy atom. The van der Waals surface area contributed by atoms with Gasteiger partial charge >= 0.3 is 5.97 Å². The molecular formula is C24H51AlO2. The zero-order valence-electron chi connectivity index (χ0n) is 17.9. The molecule has 0 spiro atoms. The molecule has 0 amide bonds. The Morgan fingerprint density at radius 3 is 0.926 bits per heavy atom. The Kier molecular flexibility index (Phi) is 28.1. The van der Waals surface area contributed by atoms with Crippen LogP contribution in [-0.2, 0) is 4.79 Å². The van der Waals surface area contributed by atoms with E-state index in [0.29, 0.717) is 6.42 Å². The standard InChI is InChI=1S/C24H48O2.Al.3H/c1-2-3-4-5-6-7-8-9-10-11-12-13-14-15-16-17-18-19-20-21-22-23-24(25)26;;;;/h2-23H2,1H3,(H,25,26);;;;. The second-order valence-electron chi connectivity index (χ2n) is 8.21. The van der Waals surface area contributed by atoms with E-state index < -0.39 is 5.97 Å². The normalized spacial score (nSPS) is 10.7. The van der Waals surface area contributed by atoms with E-state index in [9.17, 15) is 4.79 Å². The smallest absolute Gasteiger partial charge is 0.303 e. The highest BCUT2D eigenvalue weighted by molar-refractivity contribution is 5.75. The molecule has 0 radical (unpaired) electrons. The predicted octanol–water partition coefficient (Wildman–Crippen LogP) is 7.49. The van der Waals surface area contributed by atoms with Crippen molar-refractivity contribution in [2.24, 2.45) is 0 Å². The summed E-state index contributed by atoms with van der Waals surface area (Å²) in [7, 11) is 0. The van der Waals surface area contributed by atoms with E-state index in [1.807, 2.05) is 0 Å². The Morgan fingerprint density at radius 2 is 0.704 bits per heavy atom. The van der Waals surface area contributed by atoms with E-state index in [1.165, 1.54) is 122 Å². The summed E-state index contributed by atoms with van der Waals surface area (Å²) >= 11 is 0. The SMILES string of the molecule is CCCCCCCCCCCCCCCCCCCCCCCC(=O)O.[AlH3]. The van der Waals surface area contributed by atoms with Gasteiger partial charge in [-0.3, -0.25) is 4.79 Å². The Hall–Kier alpha value is 0.00247. The van der Waals surface area contributed by atoms with Gasteiger partial charge in [0.15, 0.2) is 17.4 Å². The number of hydrogen-bond acceptors (Lipinski definition) is 1. The fraction of sp³-hybridized carbons (Fsp3) is 0.958. The number of carbonyl (C=O) groups is 1. The van der Waals surface area contributed by atoms with Crippen LogP contribution in [0.1, 0.15) is 148 Å². The van der Waals surface area contributed by atoms with Gasteiger partial charge < -0.3 is 5.11 Å². The summed E-state index contributed by atoms with van der Waals surface area (Å²) in [5.41, 5.74) is 0. The molecule has 0 aromatic heterocycles. The topological polar surface area (TPSA) is 37.3 Å². The average Bonchev–Trinajstić information content (AvgIpc) is 2.62. The Bertz CT molecular complexity index is 282. The number of unbranched alkanes of at least 4 members (excludes halogenated alkanes) is 20. The van der Waals surface area contributed by atoms with Crippen LogP contribution in [0.25, 0.3) is 0 Å². The molecule has 0 aliphatic rings. The van der Waals surface area contributed by atoms with Crippen molar-refractivity contribution >= 4 is 23.3 Å². The second kappa shape index (κ2) is 26.0. The second-order valence-corrected chi connectivity index (χ2v) is 8.21. The summed E-state index contributed by atoms with van der Waals surface area (Å²) in [6, 6.07) is 0. The molecule has 2 nitrogen and oxygen atoms in total. The van der Waals surface area contributed by atoms with E-state index in [-0.39, 0.29) is 17.4 Å². The van der Waals surface area contributed by atoms with Crippen molar-refractivity contribution in [3.63, 3.8) is 0 Å². The average molecular weight is 399 g/mol. The molecular weight excluding hydrogens is 347 g/mol. The molecule has 0 heterocycles. The van der Waals surface area contributed by atoms with Crippen LogP contribution < -0.4 is 0 Å². The van der Waals surface area contributed by atoms with Gasteiger partial charge in [0.1, 0.15) is 0 Å². The van der Waals surface area contributed by atoms with Gasteiger partial charge in [0.25, 0.3) is 0 Å². The largest absolute Gasteiger partial charge is 0.481 e. The number of rotatable bonds is 22. The zero-order valence-corrected chi connectivity index (χ0v) is 17.9. The summed E-state index contributed by atoms with van der Waals surface area (Å²) in [5, 5.41) is 8.57. The molecule has 0 aliphatic heterocycles. The van der Waals surface area contributed by atoms with Crippen molar-refractivity contribution in [2.75, 3.05) is 0 Å². The first-order chi connectivity index (χ1) is 12.8. The lowest BCUT2D eigenvalue weighted by Gasteiger charge is -2.04. The fourth-order valence-electron chi connectivity index (χ4n) is 3.71. The minimum absolute atomic E-state index is 0. The third-order valence-electron chi connectivity index (χ3n) is 5.49. The van der Waals surface area contributed by atoms with Crippen LogP contribution in [0, 0.1) is 0 Å². The van der Waals surface area contributed by atoms with E-state index in [1.54, 1.807) is 0 Å². The zero-order chi connectivity index (χ0) is 19.1. The van der Waals surface area contributed by atoms with Gasteiger partial charge in [0, 0.05) is 6.42 Å². The summed E-state index contributed by atoms with van der Waals surface area (Å²) in [4.78, 5) is 10.4. The highest BCUT2D eigenvalue weighted by Gasteiger charge is 1.97. The first-order valence-corrected chi connectivity index (χ1v) is 12.0. The van der Waals surface area contributed by atoms with Gasteiger partial charge in [0.05, 0.1) is 0 Å². The molecule has 0 unspecified atom stereocenters. The molecule has 0 rings (SSSR count). The predicted molar refractivity (Wildman–Crippen MR) is 125 cm³/mol. The van der Waals surface area contributed by atoms with Crippen molar-refractivity contribution in [3.05, 3.63) is 0 Å². The van der Waals surface area contributed by atoms with E-state index >= 15 is 0 Å². The highest BCUT2D eigenvalue weighted by atomic mass is 27.0. The molecule has 0 bridgehead atoms. The molecule has 0 saturated heterocycles. The molecule has 0 aromatic carbocycles. The van der Waals surface area contributed by atoms with Crippen molar-refractivity contribution in [2.45, 2.75) is 148 Å². The molecule has 0 atom stereocenters. The van der Waals surface area contributed by atoms with Crippen LogP contribution in [0.3, 0.4) is 0 Å². The van der Waals surface area contributed by atoms with E-state index in [2.05, 4.69) is 6.92 Å². The third-order valence-corrected chi connectivity index (χ3v) is 5.49. The van der Waals surface area contributed by atoms with E-state index in [0.717, 1.165) is 12.8 Å². The van der Waals surface area contributed by atoms with Crippen molar-refractivity contribution in [1.82, 2.24) is 0 Å². The lowest BCUT2D eigenvalue weighted by Crippen LogP contribution is -1.93. The van der Waals surface area contributed by atoms with Gasteiger partial charge in [-0.25, -0.2) is 0 Å². The van der Waals surface area contributed by atoms with Crippen LogP contribution in [-0.4, -0.2) is 28.4 Å². The van der Waals surface area contributed by atoms with Crippen LogP contribution >= 0.6 is 0 Å². The van der Waals surface area contributed by atoms with Gasteiger partial charge in [0.2, 0.25) is 0 Å². The fourth-order valence-corrected chi connectivity index (χ4v) is 3.71. The lowest BCUT2D eigenvalue weighted by molar-refractivity contribution is -0.137. The Balaban J connectivity index is 0. The number of aliphatic carboxylic acids is 1. The van der Waals surface area contributed by atoms with Crippen molar-refractivity contribution in [3.8, 4) is 0 Å². The molecule has 0 saturated carbocycles. The van der Waals surface area contributed by atoms with Crippen LogP contribution in [0.4, 0.5) is 0 Å². The molecule has 0 aliphatic carbocycles. The lowest BCUT2D eigenvalue weighted by atomic mass is 10.0. The minimum atomic E-state index is -0.650. The van der Waals surface area contributed by atoms with Crippen LogP contribution in [0.15, 0.2) is 0 Å². The molecule has 3 heteroatoms. The summed E-state index contributed by atoms with van der Waals surface area (Å²) < 4.78 is 0. The molecule has 0 fully saturated rings. The van der Waals surface area contributed by atoms with Gasteiger partial charge in [-0.05, 0) is 6.42 Å². The summed E-state index contributed by atoms with van der Waals surface area (Å²) in [5.74, 6) is -0.650. The van der Waals surface area contributed by atoms with Crippen molar-refractivity contribution < 1.29 is 9.90 Å². The Labute approximate surface area is 181 Å². The third kappa shape index (κ3) is 28.3. The number of carboxylic acid groups (broad SMARTS) is 1. The van der Waals surface area contributed by atoms with Crippen LogP contribution in [0.2, 0.25) is 0 Å². The highest BCUT2D eigenvalue weighted by Crippen LogP contribution is 2.15.